The molecule has 0 heterocycles. The van der Waals surface area contributed by atoms with Crippen LogP contribution in [0.2, 0.25) is 5.02 Å². The van der Waals surface area contributed by atoms with Crippen molar-refractivity contribution in [1.82, 2.24) is 0 Å². The number of nitrogens with one attached hydrogen (secondary N) is 1. The molecule has 0 bridgehead atoms. The Bertz CT molecular complexity index is 813. The maximum absolute atomic E-state index is 12.5. The quantitative estimate of drug-likeness (QED) is 0.824. The van der Waals surface area contributed by atoms with Gasteiger partial charge < -0.3 is 14.8 Å². The van der Waals surface area contributed by atoms with Crippen LogP contribution in [-0.4, -0.2) is 19.6 Å². The maximum atomic E-state index is 12.5. The van der Waals surface area contributed by atoms with E-state index in [9.17, 15) is 4.79 Å². The summed E-state index contributed by atoms with van der Waals surface area (Å²) in [5, 5.41) is 12.0. The third-order valence-corrected chi connectivity index (χ3v) is 3.58. The zero-order chi connectivity index (χ0) is 18.4. The standard InChI is InChI=1S/C19H19ClN2O3/c1-12(2)11-25-18-16(20)8-14(9-17(18)24-3)19(23)22-15-6-4-5-13(7-15)10-21/h4-9,12H,11H2,1-3H3,(H,22,23). The van der Waals surface area contributed by atoms with Gasteiger partial charge >= 0.3 is 0 Å². The average molecular weight is 359 g/mol. The van der Waals surface area contributed by atoms with Gasteiger partial charge in [-0.2, -0.15) is 5.26 Å². The fraction of sp³-hybridized carbons (Fsp3) is 0.263. The van der Waals surface area contributed by atoms with E-state index in [1.807, 2.05) is 19.9 Å². The third kappa shape index (κ3) is 4.88. The van der Waals surface area contributed by atoms with Crippen LogP contribution in [0.1, 0.15) is 29.8 Å². The Kier molecular flexibility index (Phi) is 6.26. The number of rotatable bonds is 6. The summed E-state index contributed by atoms with van der Waals surface area (Å²) in [6, 6.07) is 11.8. The highest BCUT2D eigenvalue weighted by Gasteiger charge is 2.16. The first-order chi connectivity index (χ1) is 11.9. The van der Waals surface area contributed by atoms with E-state index in [4.69, 9.17) is 26.3 Å². The van der Waals surface area contributed by atoms with E-state index in [1.165, 1.54) is 13.2 Å². The van der Waals surface area contributed by atoms with E-state index in [0.29, 0.717) is 45.9 Å². The molecule has 0 spiro atoms. The van der Waals surface area contributed by atoms with Crippen molar-refractivity contribution in [3.05, 3.63) is 52.5 Å². The van der Waals surface area contributed by atoms with Crippen molar-refractivity contribution in [2.24, 2.45) is 5.92 Å². The minimum absolute atomic E-state index is 0.302. The fourth-order valence-corrected chi connectivity index (χ4v) is 2.38. The highest BCUT2D eigenvalue weighted by atomic mass is 35.5. The van der Waals surface area contributed by atoms with E-state index in [2.05, 4.69) is 5.32 Å². The second-order valence-electron chi connectivity index (χ2n) is 5.84. The first-order valence-electron chi connectivity index (χ1n) is 7.76. The van der Waals surface area contributed by atoms with Crippen LogP contribution in [0, 0.1) is 17.2 Å². The van der Waals surface area contributed by atoms with Crippen LogP contribution in [0.25, 0.3) is 0 Å². The van der Waals surface area contributed by atoms with Crippen LogP contribution in [0.4, 0.5) is 5.69 Å². The largest absolute Gasteiger partial charge is 0.493 e. The lowest BCUT2D eigenvalue weighted by molar-refractivity contribution is 0.102. The summed E-state index contributed by atoms with van der Waals surface area (Å²) in [4.78, 5) is 12.5. The smallest absolute Gasteiger partial charge is 0.255 e. The number of amides is 1. The first kappa shape index (κ1) is 18.6. The third-order valence-electron chi connectivity index (χ3n) is 3.30. The van der Waals surface area contributed by atoms with Gasteiger partial charge in [-0.15, -0.1) is 0 Å². The zero-order valence-corrected chi connectivity index (χ0v) is 15.1. The summed E-state index contributed by atoms with van der Waals surface area (Å²) in [6.07, 6.45) is 0. The number of nitriles is 1. The van der Waals surface area contributed by atoms with E-state index < -0.39 is 0 Å². The molecule has 2 aromatic rings. The number of carbonyl (C=O) groups is 1. The van der Waals surface area contributed by atoms with Crippen LogP contribution >= 0.6 is 11.6 Å². The van der Waals surface area contributed by atoms with E-state index >= 15 is 0 Å². The Balaban J connectivity index is 2.25. The predicted octanol–water partition coefficient (Wildman–Crippen LogP) is 4.51. The molecule has 0 aliphatic carbocycles. The molecule has 1 amide bonds. The Labute approximate surface area is 152 Å². The lowest BCUT2D eigenvalue weighted by atomic mass is 10.1. The lowest BCUT2D eigenvalue weighted by Crippen LogP contribution is -2.13. The molecule has 1 N–H and O–H groups in total. The molecule has 0 aromatic heterocycles. The van der Waals surface area contributed by atoms with Gasteiger partial charge in [0.2, 0.25) is 0 Å². The summed E-state index contributed by atoms with van der Waals surface area (Å²) < 4.78 is 11.0. The van der Waals surface area contributed by atoms with Gasteiger partial charge in [-0.3, -0.25) is 4.79 Å². The van der Waals surface area contributed by atoms with Crippen molar-refractivity contribution in [1.29, 1.82) is 5.26 Å². The molecule has 25 heavy (non-hydrogen) atoms. The van der Waals surface area contributed by atoms with Gasteiger partial charge in [0.25, 0.3) is 5.91 Å². The van der Waals surface area contributed by atoms with Crippen LogP contribution in [0.15, 0.2) is 36.4 Å². The second kappa shape index (κ2) is 8.41. The van der Waals surface area contributed by atoms with Crippen LogP contribution in [0.5, 0.6) is 11.5 Å². The van der Waals surface area contributed by atoms with Gasteiger partial charge in [0.05, 0.1) is 30.4 Å². The molecular weight excluding hydrogens is 340 g/mol. The number of ether oxygens (including phenoxy) is 2. The van der Waals surface area contributed by atoms with E-state index in [1.54, 1.807) is 30.3 Å². The Hall–Kier alpha value is -2.71. The zero-order valence-electron chi connectivity index (χ0n) is 14.3. The van der Waals surface area contributed by atoms with Crippen LogP contribution in [0.3, 0.4) is 0 Å². The SMILES string of the molecule is COc1cc(C(=O)Nc2cccc(C#N)c2)cc(Cl)c1OCC(C)C. The maximum Gasteiger partial charge on any atom is 0.255 e. The molecular formula is C19H19ClN2O3. The van der Waals surface area contributed by atoms with Crippen molar-refractivity contribution in [2.75, 3.05) is 19.0 Å². The number of carbonyl (C=O) groups excluding carboxylic acids is 1. The molecule has 0 atom stereocenters. The fourth-order valence-electron chi connectivity index (χ4n) is 2.11. The second-order valence-corrected chi connectivity index (χ2v) is 6.25. The molecule has 2 aromatic carbocycles. The van der Waals surface area contributed by atoms with Gasteiger partial charge in [-0.25, -0.2) is 0 Å². The Morgan fingerprint density at radius 3 is 2.72 bits per heavy atom. The molecule has 0 fully saturated rings. The summed E-state index contributed by atoms with van der Waals surface area (Å²) in [6.45, 7) is 4.54. The minimum Gasteiger partial charge on any atom is -0.493 e. The summed E-state index contributed by atoms with van der Waals surface area (Å²) in [5.41, 5.74) is 1.33. The molecule has 0 aliphatic rings. The first-order valence-corrected chi connectivity index (χ1v) is 8.14. The Morgan fingerprint density at radius 1 is 1.32 bits per heavy atom. The molecule has 0 saturated carbocycles. The normalized spacial score (nSPS) is 10.2. The van der Waals surface area contributed by atoms with E-state index in [0.717, 1.165) is 0 Å². The van der Waals surface area contributed by atoms with Crippen molar-refractivity contribution < 1.29 is 14.3 Å². The highest BCUT2D eigenvalue weighted by Crippen LogP contribution is 2.37. The molecule has 0 radical (unpaired) electrons. The predicted molar refractivity (Wildman–Crippen MR) is 97.4 cm³/mol. The van der Waals surface area contributed by atoms with Gasteiger partial charge in [0.15, 0.2) is 11.5 Å². The number of methoxy groups -OCH3 is 1. The van der Waals surface area contributed by atoms with Crippen molar-refractivity contribution in [3.8, 4) is 17.6 Å². The number of anilines is 1. The average Bonchev–Trinajstić information content (AvgIpc) is 2.59. The van der Waals surface area contributed by atoms with Crippen LogP contribution in [-0.2, 0) is 0 Å². The molecule has 6 heteroatoms. The summed E-state index contributed by atoms with van der Waals surface area (Å²) in [5.74, 6) is 0.784. The number of halogens is 1. The number of hydrogen-bond acceptors (Lipinski definition) is 4. The van der Waals surface area contributed by atoms with E-state index in [-0.39, 0.29) is 5.91 Å². The molecule has 0 aliphatic heterocycles. The highest BCUT2D eigenvalue weighted by molar-refractivity contribution is 6.32. The monoisotopic (exact) mass is 358 g/mol. The van der Waals surface area contributed by atoms with Crippen molar-refractivity contribution >= 4 is 23.2 Å². The number of benzene rings is 2. The minimum atomic E-state index is -0.356. The molecule has 0 unspecified atom stereocenters. The van der Waals surface area contributed by atoms with Gasteiger partial charge in [-0.05, 0) is 36.2 Å². The van der Waals surface area contributed by atoms with Crippen LogP contribution < -0.4 is 14.8 Å². The van der Waals surface area contributed by atoms with Gasteiger partial charge in [-0.1, -0.05) is 31.5 Å². The summed E-state index contributed by atoms with van der Waals surface area (Å²) in [7, 11) is 1.49. The van der Waals surface area contributed by atoms with Crippen molar-refractivity contribution in [3.63, 3.8) is 0 Å². The number of nitrogens with zero attached hydrogens (tertiary/aromatic N) is 1. The van der Waals surface area contributed by atoms with Crippen molar-refractivity contribution in [2.45, 2.75) is 13.8 Å². The topological polar surface area (TPSA) is 71.3 Å². The van der Waals surface area contributed by atoms with Gasteiger partial charge in [0, 0.05) is 11.3 Å². The molecule has 130 valence electrons. The number of hydrogen-bond donors (Lipinski definition) is 1. The Morgan fingerprint density at radius 2 is 2.08 bits per heavy atom. The lowest BCUT2D eigenvalue weighted by Gasteiger charge is -2.15. The molecule has 0 saturated heterocycles. The molecule has 2 rings (SSSR count). The van der Waals surface area contributed by atoms with Gasteiger partial charge in [0.1, 0.15) is 0 Å². The summed E-state index contributed by atoms with van der Waals surface area (Å²) >= 11 is 6.26. The molecule has 5 nitrogen and oxygen atoms in total.